The van der Waals surface area contributed by atoms with E-state index in [0.29, 0.717) is 6.04 Å². The number of pyridine rings is 1. The Kier molecular flexibility index (Phi) is 3.65. The lowest BCUT2D eigenvalue weighted by atomic mass is 10.2. The molecule has 1 aromatic rings. The summed E-state index contributed by atoms with van der Waals surface area (Å²) in [5.74, 6) is 0. The van der Waals surface area contributed by atoms with Gasteiger partial charge in [-0.05, 0) is 32.5 Å². The molecule has 0 aliphatic rings. The molecule has 0 radical (unpaired) electrons. The molecular weight excluding hydrogens is 160 g/mol. The average molecular weight is 176 g/mol. The van der Waals surface area contributed by atoms with Crippen molar-refractivity contribution in [2.75, 3.05) is 7.05 Å². The average Bonchev–Trinajstić information content (AvgIpc) is 2.16. The summed E-state index contributed by atoms with van der Waals surface area (Å²) >= 11 is 0. The summed E-state index contributed by atoms with van der Waals surface area (Å²) in [5, 5.41) is 3.14. The molecule has 0 aliphatic heterocycles. The van der Waals surface area contributed by atoms with Crippen molar-refractivity contribution in [1.82, 2.24) is 10.3 Å². The second-order valence-electron chi connectivity index (χ2n) is 3.17. The summed E-state index contributed by atoms with van der Waals surface area (Å²) in [7, 11) is 1.95. The van der Waals surface area contributed by atoms with E-state index in [2.05, 4.69) is 35.4 Å². The van der Waals surface area contributed by atoms with Gasteiger partial charge < -0.3 is 5.32 Å². The van der Waals surface area contributed by atoms with Crippen molar-refractivity contribution in [3.8, 4) is 0 Å². The number of rotatable bonds is 3. The molecule has 1 unspecified atom stereocenters. The largest absolute Gasteiger partial charge is 0.314 e. The van der Waals surface area contributed by atoms with Gasteiger partial charge in [-0.3, -0.25) is 4.98 Å². The smallest absolute Gasteiger partial charge is 0.0373 e. The first-order chi connectivity index (χ1) is 6.22. The van der Waals surface area contributed by atoms with Crippen LogP contribution in [0.2, 0.25) is 0 Å². The van der Waals surface area contributed by atoms with E-state index >= 15 is 0 Å². The Labute approximate surface area is 79.7 Å². The zero-order chi connectivity index (χ0) is 9.68. The molecule has 0 fully saturated rings. The van der Waals surface area contributed by atoms with E-state index in [1.807, 2.05) is 26.2 Å². The third-order valence-electron chi connectivity index (χ3n) is 1.97. The van der Waals surface area contributed by atoms with Crippen molar-refractivity contribution >= 4 is 6.08 Å². The fourth-order valence-electron chi connectivity index (χ4n) is 0.930. The SMILES string of the molecule is CNC(C)/C=C/c1ccc(C)nc1. The summed E-state index contributed by atoms with van der Waals surface area (Å²) in [4.78, 5) is 4.21. The zero-order valence-electron chi connectivity index (χ0n) is 8.41. The first-order valence-corrected chi connectivity index (χ1v) is 4.50. The monoisotopic (exact) mass is 176 g/mol. The van der Waals surface area contributed by atoms with Crippen LogP contribution in [0.4, 0.5) is 0 Å². The van der Waals surface area contributed by atoms with Gasteiger partial charge in [-0.1, -0.05) is 18.2 Å². The second-order valence-corrected chi connectivity index (χ2v) is 3.17. The van der Waals surface area contributed by atoms with Gasteiger partial charge in [0.1, 0.15) is 0 Å². The van der Waals surface area contributed by atoms with E-state index in [1.165, 1.54) is 0 Å². The maximum atomic E-state index is 4.21. The highest BCUT2D eigenvalue weighted by Crippen LogP contribution is 2.02. The van der Waals surface area contributed by atoms with Gasteiger partial charge in [0.15, 0.2) is 0 Å². The molecular formula is C11H16N2. The van der Waals surface area contributed by atoms with E-state index in [-0.39, 0.29) is 0 Å². The number of aryl methyl sites for hydroxylation is 1. The molecule has 1 atom stereocenters. The van der Waals surface area contributed by atoms with Crippen LogP contribution in [0.15, 0.2) is 24.4 Å². The van der Waals surface area contributed by atoms with Crippen LogP contribution in [0.5, 0.6) is 0 Å². The number of hydrogen-bond acceptors (Lipinski definition) is 2. The Hall–Kier alpha value is -1.15. The molecule has 1 heterocycles. The Morgan fingerprint density at radius 1 is 1.46 bits per heavy atom. The molecule has 70 valence electrons. The van der Waals surface area contributed by atoms with Crippen LogP contribution in [-0.2, 0) is 0 Å². The highest BCUT2D eigenvalue weighted by molar-refractivity contribution is 5.48. The lowest BCUT2D eigenvalue weighted by Crippen LogP contribution is -2.17. The third-order valence-corrected chi connectivity index (χ3v) is 1.97. The lowest BCUT2D eigenvalue weighted by Gasteiger charge is -2.01. The van der Waals surface area contributed by atoms with Crippen molar-refractivity contribution in [3.63, 3.8) is 0 Å². The standard InChI is InChI=1S/C11H16N2/c1-9(12-3)4-6-11-7-5-10(2)13-8-11/h4-9,12H,1-3H3/b6-4+. The number of nitrogens with zero attached hydrogens (tertiary/aromatic N) is 1. The first kappa shape index (κ1) is 9.93. The Morgan fingerprint density at radius 3 is 2.77 bits per heavy atom. The number of aromatic nitrogens is 1. The van der Waals surface area contributed by atoms with Crippen molar-refractivity contribution in [2.45, 2.75) is 19.9 Å². The predicted octanol–water partition coefficient (Wildman–Crippen LogP) is 2.01. The number of hydrogen-bond donors (Lipinski definition) is 1. The molecule has 0 amide bonds. The normalized spacial score (nSPS) is 13.5. The summed E-state index contributed by atoms with van der Waals surface area (Å²) in [6.45, 7) is 4.10. The van der Waals surface area contributed by atoms with Crippen LogP contribution in [0, 0.1) is 6.92 Å². The summed E-state index contributed by atoms with van der Waals surface area (Å²) < 4.78 is 0. The van der Waals surface area contributed by atoms with Gasteiger partial charge in [-0.15, -0.1) is 0 Å². The Bertz CT molecular complexity index is 275. The lowest BCUT2D eigenvalue weighted by molar-refractivity contribution is 0.731. The molecule has 1 aromatic heterocycles. The molecule has 0 aliphatic carbocycles. The fourth-order valence-corrected chi connectivity index (χ4v) is 0.930. The molecule has 1 rings (SSSR count). The van der Waals surface area contributed by atoms with Crippen molar-refractivity contribution in [1.29, 1.82) is 0 Å². The van der Waals surface area contributed by atoms with E-state index < -0.39 is 0 Å². The van der Waals surface area contributed by atoms with Crippen LogP contribution >= 0.6 is 0 Å². The minimum Gasteiger partial charge on any atom is -0.314 e. The van der Waals surface area contributed by atoms with Gasteiger partial charge >= 0.3 is 0 Å². The van der Waals surface area contributed by atoms with Crippen molar-refractivity contribution in [2.24, 2.45) is 0 Å². The molecule has 2 heteroatoms. The molecule has 0 aromatic carbocycles. The van der Waals surface area contributed by atoms with Gasteiger partial charge in [0.25, 0.3) is 0 Å². The van der Waals surface area contributed by atoms with E-state index in [9.17, 15) is 0 Å². The molecule has 0 saturated carbocycles. The van der Waals surface area contributed by atoms with E-state index in [4.69, 9.17) is 0 Å². The molecule has 13 heavy (non-hydrogen) atoms. The number of nitrogens with one attached hydrogen (secondary N) is 1. The maximum absolute atomic E-state index is 4.21. The zero-order valence-corrected chi connectivity index (χ0v) is 8.41. The Balaban J connectivity index is 2.64. The minimum absolute atomic E-state index is 0.404. The minimum atomic E-state index is 0.404. The van der Waals surface area contributed by atoms with E-state index in [1.54, 1.807) is 0 Å². The van der Waals surface area contributed by atoms with Crippen LogP contribution in [0.3, 0.4) is 0 Å². The highest BCUT2D eigenvalue weighted by atomic mass is 14.8. The van der Waals surface area contributed by atoms with E-state index in [0.717, 1.165) is 11.3 Å². The molecule has 0 saturated heterocycles. The molecule has 0 spiro atoms. The second kappa shape index (κ2) is 4.77. The maximum Gasteiger partial charge on any atom is 0.0373 e. The van der Waals surface area contributed by atoms with Crippen LogP contribution in [-0.4, -0.2) is 18.1 Å². The topological polar surface area (TPSA) is 24.9 Å². The quantitative estimate of drug-likeness (QED) is 0.762. The predicted molar refractivity (Wildman–Crippen MR) is 56.5 cm³/mol. The Morgan fingerprint density at radius 2 is 2.23 bits per heavy atom. The van der Waals surface area contributed by atoms with Crippen molar-refractivity contribution in [3.05, 3.63) is 35.7 Å². The first-order valence-electron chi connectivity index (χ1n) is 4.50. The summed E-state index contributed by atoms with van der Waals surface area (Å²) in [5.41, 5.74) is 2.20. The molecule has 1 N–H and O–H groups in total. The van der Waals surface area contributed by atoms with Crippen LogP contribution in [0.1, 0.15) is 18.2 Å². The summed E-state index contributed by atoms with van der Waals surface area (Å²) in [6.07, 6.45) is 6.08. The summed E-state index contributed by atoms with van der Waals surface area (Å²) in [6, 6.07) is 4.49. The van der Waals surface area contributed by atoms with Crippen LogP contribution in [0.25, 0.3) is 6.08 Å². The fraction of sp³-hybridized carbons (Fsp3) is 0.364. The van der Waals surface area contributed by atoms with Gasteiger partial charge in [-0.2, -0.15) is 0 Å². The van der Waals surface area contributed by atoms with Gasteiger partial charge in [-0.25, -0.2) is 0 Å². The molecule has 2 nitrogen and oxygen atoms in total. The van der Waals surface area contributed by atoms with Crippen LogP contribution < -0.4 is 5.32 Å². The van der Waals surface area contributed by atoms with Gasteiger partial charge in [0, 0.05) is 17.9 Å². The van der Waals surface area contributed by atoms with Gasteiger partial charge in [0.05, 0.1) is 0 Å². The van der Waals surface area contributed by atoms with Crippen molar-refractivity contribution < 1.29 is 0 Å². The highest BCUT2D eigenvalue weighted by Gasteiger charge is 1.90. The third kappa shape index (κ3) is 3.38. The van der Waals surface area contributed by atoms with Gasteiger partial charge in [0.2, 0.25) is 0 Å². The molecule has 0 bridgehead atoms. The number of likely N-dealkylation sites (N-methyl/N-ethyl adjacent to an activating group) is 1.